The van der Waals surface area contributed by atoms with E-state index in [0.717, 1.165) is 5.56 Å². The first-order valence-electron chi connectivity index (χ1n) is 3.39. The molecule has 1 rings (SSSR count). The molecular formula is C9H7Cl3. The molecule has 0 fully saturated rings. The zero-order valence-corrected chi connectivity index (χ0v) is 8.55. The van der Waals surface area contributed by atoms with E-state index in [-0.39, 0.29) is 0 Å². The topological polar surface area (TPSA) is 0 Å². The van der Waals surface area contributed by atoms with Crippen molar-refractivity contribution in [2.75, 3.05) is 0 Å². The number of rotatable bonds is 2. The molecule has 1 aromatic rings. The molecular weight excluding hydrogens is 214 g/mol. The van der Waals surface area contributed by atoms with Crippen LogP contribution in [0.3, 0.4) is 0 Å². The number of hydrogen-bond donors (Lipinski definition) is 0. The predicted octanol–water partition coefficient (Wildman–Crippen LogP) is 4.38. The summed E-state index contributed by atoms with van der Waals surface area (Å²) in [6, 6.07) is 3.35. The van der Waals surface area contributed by atoms with Crippen molar-refractivity contribution in [2.24, 2.45) is 0 Å². The van der Waals surface area contributed by atoms with Gasteiger partial charge >= 0.3 is 0 Å². The van der Waals surface area contributed by atoms with Crippen molar-refractivity contribution >= 4 is 34.8 Å². The molecule has 0 heterocycles. The highest BCUT2D eigenvalue weighted by Crippen LogP contribution is 2.29. The van der Waals surface area contributed by atoms with Crippen LogP contribution in [0, 0.1) is 0 Å². The second-order valence-corrected chi connectivity index (χ2v) is 3.59. The van der Waals surface area contributed by atoms with Crippen LogP contribution in [0.4, 0.5) is 0 Å². The summed E-state index contributed by atoms with van der Waals surface area (Å²) in [5, 5.41) is 1.73. The summed E-state index contributed by atoms with van der Waals surface area (Å²) in [5.41, 5.74) is 0.873. The van der Waals surface area contributed by atoms with E-state index in [1.54, 1.807) is 18.2 Å². The van der Waals surface area contributed by atoms with E-state index < -0.39 is 0 Å². The number of hydrogen-bond acceptors (Lipinski definition) is 0. The molecule has 0 nitrogen and oxygen atoms in total. The lowest BCUT2D eigenvalue weighted by atomic mass is 10.1. The van der Waals surface area contributed by atoms with Gasteiger partial charge in [0.2, 0.25) is 0 Å². The van der Waals surface area contributed by atoms with Crippen LogP contribution in [-0.2, 0) is 6.42 Å². The van der Waals surface area contributed by atoms with Crippen LogP contribution in [0.2, 0.25) is 15.1 Å². The van der Waals surface area contributed by atoms with Gasteiger partial charge in [-0.1, -0.05) is 40.9 Å². The van der Waals surface area contributed by atoms with Crippen LogP contribution in [0.25, 0.3) is 0 Å². The Hall–Kier alpha value is -0.170. The van der Waals surface area contributed by atoms with Crippen LogP contribution in [-0.4, -0.2) is 0 Å². The average molecular weight is 222 g/mol. The van der Waals surface area contributed by atoms with Gasteiger partial charge < -0.3 is 0 Å². The predicted molar refractivity (Wildman–Crippen MR) is 55.4 cm³/mol. The molecule has 0 saturated heterocycles. The smallest absolute Gasteiger partial charge is 0.0470 e. The van der Waals surface area contributed by atoms with Gasteiger partial charge in [-0.3, -0.25) is 0 Å². The van der Waals surface area contributed by atoms with Crippen LogP contribution < -0.4 is 0 Å². The van der Waals surface area contributed by atoms with Gasteiger partial charge in [0.25, 0.3) is 0 Å². The second-order valence-electron chi connectivity index (χ2n) is 2.34. The standard InChI is InChI=1S/C9H7Cl3/c1-2-3-7-8(11)4-6(10)5-9(7)12/h2,4-5H,1,3H2. The summed E-state index contributed by atoms with van der Waals surface area (Å²) >= 11 is 17.5. The van der Waals surface area contributed by atoms with E-state index in [1.165, 1.54) is 0 Å². The maximum absolute atomic E-state index is 5.90. The van der Waals surface area contributed by atoms with Crippen molar-refractivity contribution in [3.63, 3.8) is 0 Å². The third kappa shape index (κ3) is 2.16. The Labute approximate surface area is 86.7 Å². The van der Waals surface area contributed by atoms with Crippen molar-refractivity contribution in [1.29, 1.82) is 0 Å². The Morgan fingerprint density at radius 2 is 1.67 bits per heavy atom. The van der Waals surface area contributed by atoms with Gasteiger partial charge in [-0.25, -0.2) is 0 Å². The fourth-order valence-electron chi connectivity index (χ4n) is 0.911. The largest absolute Gasteiger partial charge is 0.103 e. The molecule has 0 saturated carbocycles. The third-order valence-electron chi connectivity index (χ3n) is 1.45. The van der Waals surface area contributed by atoms with E-state index in [0.29, 0.717) is 21.5 Å². The van der Waals surface area contributed by atoms with Crippen LogP contribution in [0.15, 0.2) is 24.8 Å². The van der Waals surface area contributed by atoms with Gasteiger partial charge in [0.1, 0.15) is 0 Å². The molecule has 0 spiro atoms. The highest BCUT2D eigenvalue weighted by molar-refractivity contribution is 6.39. The van der Waals surface area contributed by atoms with Gasteiger partial charge in [0.05, 0.1) is 0 Å². The zero-order chi connectivity index (χ0) is 9.14. The van der Waals surface area contributed by atoms with Crippen LogP contribution in [0.5, 0.6) is 0 Å². The minimum absolute atomic E-state index is 0.554. The Morgan fingerprint density at radius 1 is 1.17 bits per heavy atom. The second kappa shape index (κ2) is 4.18. The van der Waals surface area contributed by atoms with Crippen molar-refractivity contribution in [1.82, 2.24) is 0 Å². The molecule has 0 aliphatic rings. The van der Waals surface area contributed by atoms with Gasteiger partial charge in [-0.2, -0.15) is 0 Å². The minimum Gasteiger partial charge on any atom is -0.103 e. The van der Waals surface area contributed by atoms with E-state index in [4.69, 9.17) is 34.8 Å². The van der Waals surface area contributed by atoms with Crippen molar-refractivity contribution < 1.29 is 0 Å². The quantitative estimate of drug-likeness (QED) is 0.650. The SMILES string of the molecule is C=CCc1c(Cl)cc(Cl)cc1Cl. The van der Waals surface area contributed by atoms with Gasteiger partial charge in [0.15, 0.2) is 0 Å². The molecule has 12 heavy (non-hydrogen) atoms. The highest BCUT2D eigenvalue weighted by Gasteiger charge is 2.05. The molecule has 0 aliphatic carbocycles. The summed E-state index contributed by atoms with van der Waals surface area (Å²) in [6.07, 6.45) is 2.41. The van der Waals surface area contributed by atoms with E-state index in [2.05, 4.69) is 6.58 Å². The normalized spacial score (nSPS) is 9.92. The average Bonchev–Trinajstić information content (AvgIpc) is 1.96. The molecule has 0 aromatic heterocycles. The Bertz CT molecular complexity index is 282. The van der Waals surface area contributed by atoms with E-state index >= 15 is 0 Å². The fraction of sp³-hybridized carbons (Fsp3) is 0.111. The summed E-state index contributed by atoms with van der Waals surface area (Å²) in [7, 11) is 0. The molecule has 0 amide bonds. The molecule has 0 bridgehead atoms. The monoisotopic (exact) mass is 220 g/mol. The molecule has 0 radical (unpaired) electrons. The van der Waals surface area contributed by atoms with Crippen molar-refractivity contribution in [3.05, 3.63) is 45.4 Å². The zero-order valence-electron chi connectivity index (χ0n) is 6.28. The lowest BCUT2D eigenvalue weighted by molar-refractivity contribution is 1.28. The van der Waals surface area contributed by atoms with E-state index in [1.807, 2.05) is 0 Å². The lowest BCUT2D eigenvalue weighted by Crippen LogP contribution is -1.84. The Kier molecular flexibility index (Phi) is 3.45. The summed E-state index contributed by atoms with van der Waals surface area (Å²) in [4.78, 5) is 0. The number of allylic oxidation sites excluding steroid dienone is 1. The first kappa shape index (κ1) is 9.91. The Balaban J connectivity index is 3.18. The summed E-state index contributed by atoms with van der Waals surface area (Å²) in [6.45, 7) is 3.61. The molecule has 0 aliphatic heterocycles. The van der Waals surface area contributed by atoms with Crippen molar-refractivity contribution in [2.45, 2.75) is 6.42 Å². The molecule has 0 atom stereocenters. The van der Waals surface area contributed by atoms with Gasteiger partial charge in [0, 0.05) is 15.1 Å². The first-order chi connectivity index (χ1) is 5.65. The molecule has 0 unspecified atom stereocenters. The van der Waals surface area contributed by atoms with Gasteiger partial charge in [-0.05, 0) is 24.1 Å². The number of benzene rings is 1. The lowest BCUT2D eigenvalue weighted by Gasteiger charge is -2.04. The highest BCUT2D eigenvalue weighted by atomic mass is 35.5. The molecule has 1 aromatic carbocycles. The maximum atomic E-state index is 5.90. The maximum Gasteiger partial charge on any atom is 0.0470 e. The number of halogens is 3. The van der Waals surface area contributed by atoms with Crippen LogP contribution in [0.1, 0.15) is 5.56 Å². The molecule has 0 N–H and O–H groups in total. The summed E-state index contributed by atoms with van der Waals surface area (Å²) < 4.78 is 0. The fourth-order valence-corrected chi connectivity index (χ4v) is 1.88. The molecule has 3 heteroatoms. The Morgan fingerprint density at radius 3 is 2.08 bits per heavy atom. The first-order valence-corrected chi connectivity index (χ1v) is 4.53. The minimum atomic E-state index is 0.554. The summed E-state index contributed by atoms with van der Waals surface area (Å²) in [5.74, 6) is 0. The molecule has 64 valence electrons. The van der Waals surface area contributed by atoms with Crippen LogP contribution >= 0.6 is 34.8 Å². The third-order valence-corrected chi connectivity index (χ3v) is 2.35. The van der Waals surface area contributed by atoms with Gasteiger partial charge in [-0.15, -0.1) is 6.58 Å². The van der Waals surface area contributed by atoms with E-state index in [9.17, 15) is 0 Å². The van der Waals surface area contributed by atoms with Crippen molar-refractivity contribution in [3.8, 4) is 0 Å².